The van der Waals surface area contributed by atoms with Crippen LogP contribution in [-0.2, 0) is 19.1 Å². The second kappa shape index (κ2) is 6.04. The van der Waals surface area contributed by atoms with Gasteiger partial charge in [0.15, 0.2) is 6.61 Å². The molecule has 1 heterocycles. The Morgan fingerprint density at radius 3 is 2.45 bits per heavy atom. The minimum atomic E-state index is -1.42. The number of aliphatic hydroxyl groups is 2. The van der Waals surface area contributed by atoms with Gasteiger partial charge in [-0.3, -0.25) is 9.59 Å². The van der Waals surface area contributed by atoms with Crippen LogP contribution in [0.15, 0.2) is 0 Å². The van der Waals surface area contributed by atoms with Gasteiger partial charge in [-0.15, -0.1) is 0 Å². The fourth-order valence-corrected chi connectivity index (χ4v) is 8.42. The maximum absolute atomic E-state index is 12.9. The van der Waals surface area contributed by atoms with Crippen LogP contribution in [0, 0.1) is 28.6 Å². The number of carbonyl (C=O) groups is 2. The zero-order chi connectivity index (χ0) is 20.8. The molecule has 5 aliphatic rings. The molecule has 5 rings (SSSR count). The van der Waals surface area contributed by atoms with Crippen LogP contribution in [0.2, 0.25) is 0 Å². The number of epoxide rings is 1. The second-order valence-electron chi connectivity index (χ2n) is 11.0. The van der Waals surface area contributed by atoms with Crippen LogP contribution in [0.4, 0.5) is 0 Å². The van der Waals surface area contributed by atoms with Gasteiger partial charge in [-0.1, -0.05) is 13.8 Å². The minimum absolute atomic E-state index is 0.0730. The molecular weight excluding hydrogens is 372 g/mol. The highest BCUT2D eigenvalue weighted by Crippen LogP contribution is 2.74. The van der Waals surface area contributed by atoms with Crippen LogP contribution in [0.5, 0.6) is 0 Å². The topological polar surface area (TPSA) is 96.4 Å². The molecule has 162 valence electrons. The van der Waals surface area contributed by atoms with Crippen molar-refractivity contribution in [3.63, 3.8) is 0 Å². The number of aliphatic hydroxyl groups excluding tert-OH is 1. The molecule has 0 bridgehead atoms. The van der Waals surface area contributed by atoms with Gasteiger partial charge in [0.1, 0.15) is 11.2 Å². The number of hydrogen-bond donors (Lipinski definition) is 2. The number of carbonyl (C=O) groups excluding carboxylic acids is 2. The predicted molar refractivity (Wildman–Crippen MR) is 104 cm³/mol. The fraction of sp³-hybridized carbons (Fsp3) is 0.913. The average molecular weight is 407 g/mol. The molecule has 0 radical (unpaired) electrons. The third-order valence-electron chi connectivity index (χ3n) is 10.1. The number of Topliss-reactive ketones (excluding diaryl/α,β-unsaturated/α-hetero) is 1. The predicted octanol–water partition coefficient (Wildman–Crippen LogP) is 2.38. The zero-order valence-electron chi connectivity index (χ0n) is 17.8. The molecule has 6 heteroatoms. The van der Waals surface area contributed by atoms with Crippen molar-refractivity contribution < 1.29 is 29.3 Å². The third kappa shape index (κ3) is 2.40. The summed E-state index contributed by atoms with van der Waals surface area (Å²) >= 11 is 0. The van der Waals surface area contributed by atoms with E-state index in [0.717, 1.165) is 44.9 Å². The number of esters is 1. The van der Waals surface area contributed by atoms with Crippen molar-refractivity contribution in [3.05, 3.63) is 0 Å². The van der Waals surface area contributed by atoms with E-state index in [2.05, 4.69) is 13.8 Å². The normalized spacial score (nSPS) is 55.1. The van der Waals surface area contributed by atoms with Crippen LogP contribution in [-0.4, -0.2) is 52.0 Å². The van der Waals surface area contributed by atoms with Gasteiger partial charge < -0.3 is 19.7 Å². The molecule has 0 amide bonds. The van der Waals surface area contributed by atoms with E-state index in [1.54, 1.807) is 0 Å². The summed E-state index contributed by atoms with van der Waals surface area (Å²) in [5.74, 6) is 0.379. The van der Waals surface area contributed by atoms with Gasteiger partial charge in [0.25, 0.3) is 0 Å². The van der Waals surface area contributed by atoms with Crippen LogP contribution in [0.25, 0.3) is 0 Å². The number of hydrogen-bond acceptors (Lipinski definition) is 6. The molecule has 29 heavy (non-hydrogen) atoms. The van der Waals surface area contributed by atoms with Gasteiger partial charge in [0.05, 0.1) is 12.2 Å². The molecule has 1 spiro atoms. The molecule has 0 aromatic carbocycles. The summed E-state index contributed by atoms with van der Waals surface area (Å²) < 4.78 is 11.3. The Hall–Kier alpha value is -0.980. The number of ether oxygens (including phenoxy) is 2. The minimum Gasteiger partial charge on any atom is -0.458 e. The molecule has 4 aliphatic carbocycles. The summed E-state index contributed by atoms with van der Waals surface area (Å²) in [5, 5.41) is 21.8. The average Bonchev–Trinajstić information content (AvgIpc) is 3.28. The largest absolute Gasteiger partial charge is 0.458 e. The molecule has 5 fully saturated rings. The van der Waals surface area contributed by atoms with Crippen LogP contribution >= 0.6 is 0 Å². The lowest BCUT2D eigenvalue weighted by Gasteiger charge is -2.59. The second-order valence-corrected chi connectivity index (χ2v) is 11.0. The monoisotopic (exact) mass is 406 g/mol. The maximum atomic E-state index is 12.9. The van der Waals surface area contributed by atoms with Crippen LogP contribution in [0.3, 0.4) is 0 Å². The first kappa shape index (κ1) is 20.0. The smallest absolute Gasteiger partial charge is 0.303 e. The standard InChI is InChI=1S/C23H34O6/c1-13(24)28-12-18(26)22(27)9-6-16-15-10-19-23(29-19)11-14(25)4-7-21(23,3)17(15)5-8-20(16,22)2/h14-17,19,25,27H,4-12H2,1-3H3/t14-,15+,16-,17-,19+,20+,21-,22-,23+/m1/s1. The SMILES string of the molecule is CC(=O)OCC(=O)[C@]1(O)CC[C@@H]2[C@@H]3C[C@@H]4O[C@@]45C[C@H](O)CC[C@]5(C)[C@@H]3CC[C@@]21C. The van der Waals surface area contributed by atoms with Crippen LogP contribution in [0.1, 0.15) is 72.1 Å². The number of rotatable bonds is 3. The molecule has 6 nitrogen and oxygen atoms in total. The summed E-state index contributed by atoms with van der Waals surface area (Å²) in [7, 11) is 0. The van der Waals surface area contributed by atoms with Gasteiger partial charge in [-0.05, 0) is 62.7 Å². The summed E-state index contributed by atoms with van der Waals surface area (Å²) in [4.78, 5) is 24.1. The zero-order valence-corrected chi connectivity index (χ0v) is 17.8. The molecule has 0 unspecified atom stereocenters. The lowest BCUT2D eigenvalue weighted by atomic mass is 9.44. The van der Waals surface area contributed by atoms with E-state index in [9.17, 15) is 19.8 Å². The van der Waals surface area contributed by atoms with E-state index in [-0.39, 0.29) is 41.5 Å². The van der Waals surface area contributed by atoms with Crippen molar-refractivity contribution >= 4 is 11.8 Å². The Morgan fingerprint density at radius 2 is 1.72 bits per heavy atom. The van der Waals surface area contributed by atoms with Gasteiger partial charge in [-0.2, -0.15) is 0 Å². The van der Waals surface area contributed by atoms with E-state index in [4.69, 9.17) is 9.47 Å². The summed E-state index contributed by atoms with van der Waals surface area (Å²) in [5.41, 5.74) is -1.98. The van der Waals surface area contributed by atoms with Gasteiger partial charge >= 0.3 is 5.97 Å². The maximum Gasteiger partial charge on any atom is 0.303 e. The Bertz CT molecular complexity index is 752. The first-order valence-corrected chi connectivity index (χ1v) is 11.3. The van der Waals surface area contributed by atoms with Crippen LogP contribution < -0.4 is 0 Å². The van der Waals surface area contributed by atoms with E-state index in [0.29, 0.717) is 18.3 Å². The summed E-state index contributed by atoms with van der Waals surface area (Å²) in [6.07, 6.45) is 6.57. The van der Waals surface area contributed by atoms with Crippen molar-refractivity contribution in [2.45, 2.75) is 95.5 Å². The van der Waals surface area contributed by atoms with Crippen molar-refractivity contribution in [2.75, 3.05) is 6.61 Å². The van der Waals surface area contributed by atoms with E-state index < -0.39 is 17.0 Å². The quantitative estimate of drug-likeness (QED) is 0.552. The molecular formula is C23H34O6. The number of ketones is 1. The van der Waals surface area contributed by atoms with E-state index in [1.807, 2.05) is 0 Å². The highest BCUT2D eigenvalue weighted by atomic mass is 16.6. The third-order valence-corrected chi connectivity index (χ3v) is 10.1. The lowest BCUT2D eigenvalue weighted by Crippen LogP contribution is -2.61. The molecule has 0 aromatic rings. The van der Waals surface area contributed by atoms with Crippen molar-refractivity contribution in [1.29, 1.82) is 0 Å². The van der Waals surface area contributed by atoms with Gasteiger partial charge in [-0.25, -0.2) is 0 Å². The summed E-state index contributed by atoms with van der Waals surface area (Å²) in [6, 6.07) is 0. The van der Waals surface area contributed by atoms with Crippen molar-refractivity contribution in [3.8, 4) is 0 Å². The molecule has 1 saturated heterocycles. The Morgan fingerprint density at radius 1 is 1.07 bits per heavy atom. The van der Waals surface area contributed by atoms with Gasteiger partial charge in [0, 0.05) is 24.2 Å². The Balaban J connectivity index is 1.42. The molecule has 4 saturated carbocycles. The molecule has 0 aromatic heterocycles. The Labute approximate surface area is 172 Å². The molecule has 2 N–H and O–H groups in total. The van der Waals surface area contributed by atoms with Gasteiger partial charge in [0.2, 0.25) is 5.78 Å². The fourth-order valence-electron chi connectivity index (χ4n) is 8.42. The molecule has 1 aliphatic heterocycles. The van der Waals surface area contributed by atoms with Crippen molar-refractivity contribution in [2.24, 2.45) is 28.6 Å². The Kier molecular flexibility index (Phi) is 4.16. The lowest BCUT2D eigenvalue weighted by molar-refractivity contribution is -0.173. The summed E-state index contributed by atoms with van der Waals surface area (Å²) in [6.45, 7) is 5.39. The van der Waals surface area contributed by atoms with Crippen molar-refractivity contribution in [1.82, 2.24) is 0 Å². The highest BCUT2D eigenvalue weighted by molar-refractivity contribution is 5.90. The highest BCUT2D eigenvalue weighted by Gasteiger charge is 2.77. The first-order valence-electron chi connectivity index (χ1n) is 11.3. The first-order chi connectivity index (χ1) is 13.6. The number of fused-ring (bicyclic) bond motifs is 4. The van der Waals surface area contributed by atoms with E-state index >= 15 is 0 Å². The molecule has 9 atom stereocenters. The van der Waals surface area contributed by atoms with E-state index in [1.165, 1.54) is 6.92 Å².